The Morgan fingerprint density at radius 3 is 1.76 bits per heavy atom. The Morgan fingerprint density at radius 1 is 1.05 bits per heavy atom. The first-order chi connectivity index (χ1) is 9.77. The van der Waals surface area contributed by atoms with E-state index in [2.05, 4.69) is 0 Å². The standard InChI is InChI=1S/C14H16N6O/c1-10-5-12(20(11(2)21)19(3)4)14(8-17,9-18)13(10,6-15)7-16/h10,12H,5H2,1-4H3/t10-,12+/m1/s1. The van der Waals surface area contributed by atoms with Gasteiger partial charge in [-0.3, -0.25) is 9.80 Å². The van der Waals surface area contributed by atoms with E-state index in [1.807, 2.05) is 24.3 Å². The van der Waals surface area contributed by atoms with Gasteiger partial charge in [0.1, 0.15) is 0 Å². The van der Waals surface area contributed by atoms with Crippen molar-refractivity contribution in [3.8, 4) is 24.3 Å². The van der Waals surface area contributed by atoms with Crippen molar-refractivity contribution in [3.63, 3.8) is 0 Å². The lowest BCUT2D eigenvalue weighted by Crippen LogP contribution is -2.55. The molecule has 7 nitrogen and oxygen atoms in total. The minimum absolute atomic E-state index is 0.236. The normalized spacial score (nSPS) is 25.2. The molecule has 0 N–H and O–H groups in total. The molecular formula is C14H16N6O. The van der Waals surface area contributed by atoms with Gasteiger partial charge in [0.15, 0.2) is 10.8 Å². The molecule has 21 heavy (non-hydrogen) atoms. The molecule has 1 amide bonds. The summed E-state index contributed by atoms with van der Waals surface area (Å²) in [7, 11) is 3.23. The highest BCUT2D eigenvalue weighted by molar-refractivity contribution is 5.73. The molecule has 0 aromatic rings. The van der Waals surface area contributed by atoms with Gasteiger partial charge in [0.2, 0.25) is 5.91 Å². The fraction of sp³-hybridized carbons (Fsp3) is 0.643. The zero-order valence-electron chi connectivity index (χ0n) is 12.5. The maximum absolute atomic E-state index is 11.9. The summed E-state index contributed by atoms with van der Waals surface area (Å²) in [5.41, 5.74) is -3.64. The molecule has 0 aliphatic heterocycles. The Balaban J connectivity index is 3.63. The summed E-state index contributed by atoms with van der Waals surface area (Å²) in [4.78, 5) is 11.9. The molecule has 2 atom stereocenters. The minimum atomic E-state index is -1.88. The molecule has 1 aliphatic carbocycles. The van der Waals surface area contributed by atoms with E-state index in [0.717, 1.165) is 0 Å². The lowest BCUT2D eigenvalue weighted by Gasteiger charge is -2.39. The van der Waals surface area contributed by atoms with Gasteiger partial charge in [-0.05, 0) is 12.3 Å². The molecule has 0 heterocycles. The molecular weight excluding hydrogens is 268 g/mol. The van der Waals surface area contributed by atoms with Gasteiger partial charge in [0, 0.05) is 21.0 Å². The van der Waals surface area contributed by atoms with Crippen molar-refractivity contribution >= 4 is 5.91 Å². The van der Waals surface area contributed by atoms with E-state index in [0.29, 0.717) is 0 Å². The first kappa shape index (κ1) is 16.4. The molecule has 1 aliphatic rings. The SMILES string of the molecule is CC(=O)N([C@H]1C[C@@H](C)C(C#N)(C#N)C1(C#N)C#N)N(C)C. The maximum atomic E-state index is 11.9. The number of nitrogens with zero attached hydrogens (tertiary/aromatic N) is 6. The van der Waals surface area contributed by atoms with E-state index < -0.39 is 22.8 Å². The summed E-state index contributed by atoms with van der Waals surface area (Å²) in [6, 6.07) is 6.63. The number of carbonyl (C=O) groups is 1. The van der Waals surface area contributed by atoms with Crippen LogP contribution in [0.25, 0.3) is 0 Å². The molecule has 1 fully saturated rings. The van der Waals surface area contributed by atoms with Gasteiger partial charge in [0.25, 0.3) is 0 Å². The largest absolute Gasteiger partial charge is 0.274 e. The molecule has 108 valence electrons. The van der Waals surface area contributed by atoms with Crippen molar-refractivity contribution < 1.29 is 4.79 Å². The van der Waals surface area contributed by atoms with Gasteiger partial charge in [0.05, 0.1) is 30.3 Å². The average molecular weight is 284 g/mol. The fourth-order valence-corrected chi connectivity index (χ4v) is 3.18. The second kappa shape index (κ2) is 5.41. The van der Waals surface area contributed by atoms with E-state index >= 15 is 0 Å². The average Bonchev–Trinajstić information content (AvgIpc) is 2.67. The van der Waals surface area contributed by atoms with Crippen molar-refractivity contribution in [1.82, 2.24) is 10.0 Å². The first-order valence-corrected chi connectivity index (χ1v) is 6.40. The number of hydrogen-bond donors (Lipinski definition) is 0. The summed E-state index contributed by atoms with van der Waals surface area (Å²) >= 11 is 0. The summed E-state index contributed by atoms with van der Waals surface area (Å²) in [6.45, 7) is 2.98. The van der Waals surface area contributed by atoms with Crippen LogP contribution in [0.3, 0.4) is 0 Å². The Labute approximate surface area is 124 Å². The van der Waals surface area contributed by atoms with Crippen LogP contribution >= 0.6 is 0 Å². The van der Waals surface area contributed by atoms with Crippen molar-refractivity contribution in [2.75, 3.05) is 14.1 Å². The van der Waals surface area contributed by atoms with Crippen molar-refractivity contribution in [2.24, 2.45) is 16.7 Å². The first-order valence-electron chi connectivity index (χ1n) is 6.40. The van der Waals surface area contributed by atoms with E-state index in [1.165, 1.54) is 16.9 Å². The molecule has 1 rings (SSSR count). The molecule has 0 aromatic heterocycles. The van der Waals surface area contributed by atoms with Crippen LogP contribution in [0.1, 0.15) is 20.3 Å². The topological polar surface area (TPSA) is 119 Å². The van der Waals surface area contributed by atoms with Gasteiger partial charge in [-0.1, -0.05) is 6.92 Å². The van der Waals surface area contributed by atoms with Crippen LogP contribution in [0.4, 0.5) is 0 Å². The highest BCUT2D eigenvalue weighted by Crippen LogP contribution is 2.57. The Bertz CT molecular complexity index is 583. The summed E-state index contributed by atoms with van der Waals surface area (Å²) in [6.07, 6.45) is 0.236. The highest BCUT2D eigenvalue weighted by atomic mass is 16.2. The van der Waals surface area contributed by atoms with Crippen molar-refractivity contribution in [2.45, 2.75) is 26.3 Å². The van der Waals surface area contributed by atoms with Crippen LogP contribution in [0.2, 0.25) is 0 Å². The van der Waals surface area contributed by atoms with Gasteiger partial charge < -0.3 is 0 Å². The molecule has 0 radical (unpaired) electrons. The minimum Gasteiger partial charge on any atom is -0.274 e. The lowest BCUT2D eigenvalue weighted by atomic mass is 9.64. The number of carbonyl (C=O) groups excluding carboxylic acids is 1. The Morgan fingerprint density at radius 2 is 1.48 bits per heavy atom. The number of hydrazine groups is 1. The van der Waals surface area contributed by atoms with Gasteiger partial charge in [-0.2, -0.15) is 21.0 Å². The second-order valence-electron chi connectivity index (χ2n) is 5.43. The molecule has 0 aromatic carbocycles. The van der Waals surface area contributed by atoms with Gasteiger partial charge >= 0.3 is 0 Å². The fourth-order valence-electron chi connectivity index (χ4n) is 3.18. The Kier molecular flexibility index (Phi) is 4.24. The zero-order chi connectivity index (χ0) is 16.4. The quantitative estimate of drug-likeness (QED) is 0.691. The smallest absolute Gasteiger partial charge is 0.234 e. The Hall–Kier alpha value is -2.61. The zero-order valence-corrected chi connectivity index (χ0v) is 12.5. The molecule has 0 unspecified atom stereocenters. The van der Waals surface area contributed by atoms with Crippen LogP contribution in [-0.4, -0.2) is 36.1 Å². The van der Waals surface area contributed by atoms with Gasteiger partial charge in [-0.25, -0.2) is 5.01 Å². The molecule has 0 saturated heterocycles. The van der Waals surface area contributed by atoms with Crippen LogP contribution in [-0.2, 0) is 4.79 Å². The molecule has 0 spiro atoms. The second-order valence-corrected chi connectivity index (χ2v) is 5.43. The summed E-state index contributed by atoms with van der Waals surface area (Å²) < 4.78 is 0. The summed E-state index contributed by atoms with van der Waals surface area (Å²) in [5, 5.41) is 40.9. The van der Waals surface area contributed by atoms with Crippen LogP contribution < -0.4 is 0 Å². The summed E-state index contributed by atoms with van der Waals surface area (Å²) in [5.74, 6) is -0.850. The van der Waals surface area contributed by atoms with Crippen LogP contribution in [0.15, 0.2) is 0 Å². The maximum Gasteiger partial charge on any atom is 0.234 e. The lowest BCUT2D eigenvalue weighted by molar-refractivity contribution is -0.150. The highest BCUT2D eigenvalue weighted by Gasteiger charge is 2.69. The van der Waals surface area contributed by atoms with E-state index in [-0.39, 0.29) is 12.3 Å². The van der Waals surface area contributed by atoms with Crippen molar-refractivity contribution in [3.05, 3.63) is 0 Å². The van der Waals surface area contributed by atoms with Crippen molar-refractivity contribution in [1.29, 1.82) is 21.0 Å². The number of hydrogen-bond acceptors (Lipinski definition) is 6. The third-order valence-corrected chi connectivity index (χ3v) is 4.19. The predicted octanol–water partition coefficient (Wildman–Crippen LogP) is 0.787. The third kappa shape index (κ3) is 1.91. The molecule has 0 bridgehead atoms. The van der Waals surface area contributed by atoms with Gasteiger partial charge in [-0.15, -0.1) is 0 Å². The number of nitriles is 4. The number of rotatable bonds is 2. The van der Waals surface area contributed by atoms with E-state index in [4.69, 9.17) is 0 Å². The molecule has 7 heteroatoms. The predicted molar refractivity (Wildman–Crippen MR) is 71.1 cm³/mol. The van der Waals surface area contributed by atoms with E-state index in [1.54, 1.807) is 21.0 Å². The molecule has 1 saturated carbocycles. The van der Waals surface area contributed by atoms with Crippen LogP contribution in [0, 0.1) is 62.1 Å². The monoisotopic (exact) mass is 284 g/mol. The third-order valence-electron chi connectivity index (χ3n) is 4.19. The van der Waals surface area contributed by atoms with E-state index in [9.17, 15) is 25.8 Å². The number of amides is 1. The van der Waals surface area contributed by atoms with Crippen LogP contribution in [0.5, 0.6) is 0 Å².